The molecule has 1 aromatic carbocycles. The molecule has 0 atom stereocenters. The normalized spacial score (nSPS) is 17.2. The molecule has 0 bridgehead atoms. The summed E-state index contributed by atoms with van der Waals surface area (Å²) in [7, 11) is 0. The average Bonchev–Trinajstić information content (AvgIpc) is 2.29. The number of benzene rings is 1. The van der Waals surface area contributed by atoms with Gasteiger partial charge >= 0.3 is 0 Å². The molecule has 92 valence electrons. The molecular formula is C14H20N2O. The van der Waals surface area contributed by atoms with Crippen molar-refractivity contribution in [2.24, 2.45) is 5.73 Å². The summed E-state index contributed by atoms with van der Waals surface area (Å²) in [5.41, 5.74) is 6.31. The summed E-state index contributed by atoms with van der Waals surface area (Å²) >= 11 is 0. The van der Waals surface area contributed by atoms with Gasteiger partial charge in [-0.15, -0.1) is 0 Å². The Labute approximate surface area is 102 Å². The fourth-order valence-electron chi connectivity index (χ4n) is 2.41. The van der Waals surface area contributed by atoms with Crippen LogP contribution in [-0.4, -0.2) is 19.0 Å². The summed E-state index contributed by atoms with van der Waals surface area (Å²) in [5, 5.41) is 3.01. The third kappa shape index (κ3) is 2.34. The molecule has 3 N–H and O–H groups in total. The Balaban J connectivity index is 2.07. The van der Waals surface area contributed by atoms with Gasteiger partial charge in [-0.25, -0.2) is 0 Å². The van der Waals surface area contributed by atoms with E-state index in [-0.39, 0.29) is 11.3 Å². The molecule has 1 amide bonds. The van der Waals surface area contributed by atoms with Crippen LogP contribution >= 0.6 is 0 Å². The minimum Gasteiger partial charge on any atom is -0.355 e. The lowest BCUT2D eigenvalue weighted by Crippen LogP contribution is -2.49. The van der Waals surface area contributed by atoms with E-state index in [2.05, 4.69) is 17.4 Å². The Morgan fingerprint density at radius 1 is 1.29 bits per heavy atom. The van der Waals surface area contributed by atoms with Crippen LogP contribution in [0.2, 0.25) is 0 Å². The number of carbonyl (C=O) groups is 1. The van der Waals surface area contributed by atoms with Crippen LogP contribution in [0.5, 0.6) is 0 Å². The van der Waals surface area contributed by atoms with Gasteiger partial charge in [-0.3, -0.25) is 4.79 Å². The standard InChI is InChI=1S/C14H20N2O/c15-10-5-11-16-13(17)14(8-4-9-14)12-6-2-1-3-7-12/h1-3,6-7H,4-5,8-11,15H2,(H,16,17). The topological polar surface area (TPSA) is 55.1 Å². The van der Waals surface area contributed by atoms with Crippen molar-refractivity contribution in [1.29, 1.82) is 0 Å². The number of hydrogen-bond acceptors (Lipinski definition) is 2. The minimum absolute atomic E-state index is 0.170. The van der Waals surface area contributed by atoms with Crippen LogP contribution < -0.4 is 11.1 Å². The van der Waals surface area contributed by atoms with Crippen molar-refractivity contribution >= 4 is 5.91 Å². The van der Waals surface area contributed by atoms with E-state index < -0.39 is 0 Å². The highest BCUT2D eigenvalue weighted by Crippen LogP contribution is 2.43. The zero-order chi connectivity index (χ0) is 12.1. The SMILES string of the molecule is NCCCNC(=O)C1(c2ccccc2)CCC1. The Bertz CT molecular complexity index is 371. The fraction of sp³-hybridized carbons (Fsp3) is 0.500. The third-order valence-electron chi connectivity index (χ3n) is 3.63. The predicted molar refractivity (Wildman–Crippen MR) is 68.7 cm³/mol. The maximum Gasteiger partial charge on any atom is 0.230 e. The van der Waals surface area contributed by atoms with E-state index in [1.54, 1.807) is 0 Å². The van der Waals surface area contributed by atoms with Gasteiger partial charge in [0, 0.05) is 6.54 Å². The van der Waals surface area contributed by atoms with Crippen molar-refractivity contribution in [1.82, 2.24) is 5.32 Å². The number of nitrogens with one attached hydrogen (secondary N) is 1. The number of amides is 1. The van der Waals surface area contributed by atoms with E-state index in [9.17, 15) is 4.79 Å². The van der Waals surface area contributed by atoms with Gasteiger partial charge in [-0.2, -0.15) is 0 Å². The van der Waals surface area contributed by atoms with E-state index in [4.69, 9.17) is 5.73 Å². The average molecular weight is 232 g/mol. The van der Waals surface area contributed by atoms with Crippen molar-refractivity contribution < 1.29 is 4.79 Å². The summed E-state index contributed by atoms with van der Waals surface area (Å²) in [6.45, 7) is 1.31. The van der Waals surface area contributed by atoms with E-state index in [1.807, 2.05) is 18.2 Å². The third-order valence-corrected chi connectivity index (χ3v) is 3.63. The molecule has 0 spiro atoms. The number of carbonyl (C=O) groups excluding carboxylic acids is 1. The quantitative estimate of drug-likeness (QED) is 0.757. The summed E-state index contributed by atoms with van der Waals surface area (Å²) in [5.74, 6) is 0.170. The van der Waals surface area contributed by atoms with Crippen molar-refractivity contribution in [3.63, 3.8) is 0 Å². The van der Waals surface area contributed by atoms with Crippen LogP contribution in [0.3, 0.4) is 0 Å². The molecule has 1 fully saturated rings. The molecule has 0 radical (unpaired) electrons. The molecule has 0 saturated heterocycles. The second kappa shape index (κ2) is 5.32. The van der Waals surface area contributed by atoms with Gasteiger partial charge in [0.2, 0.25) is 5.91 Å². The van der Waals surface area contributed by atoms with E-state index in [1.165, 1.54) is 0 Å². The van der Waals surface area contributed by atoms with Gasteiger partial charge in [0.05, 0.1) is 5.41 Å². The monoisotopic (exact) mass is 232 g/mol. The molecule has 1 aliphatic carbocycles. The first kappa shape index (κ1) is 12.1. The van der Waals surface area contributed by atoms with Crippen LogP contribution in [-0.2, 0) is 10.2 Å². The lowest BCUT2D eigenvalue weighted by Gasteiger charge is -2.40. The van der Waals surface area contributed by atoms with Crippen molar-refractivity contribution in [3.8, 4) is 0 Å². The van der Waals surface area contributed by atoms with Crippen LogP contribution in [0, 0.1) is 0 Å². The van der Waals surface area contributed by atoms with Crippen molar-refractivity contribution in [2.45, 2.75) is 31.1 Å². The van der Waals surface area contributed by atoms with E-state index in [0.717, 1.165) is 31.2 Å². The highest BCUT2D eigenvalue weighted by atomic mass is 16.2. The van der Waals surface area contributed by atoms with Crippen LogP contribution in [0.25, 0.3) is 0 Å². The molecule has 0 aromatic heterocycles. The molecule has 17 heavy (non-hydrogen) atoms. The maximum atomic E-state index is 12.3. The molecule has 3 heteroatoms. The molecular weight excluding hydrogens is 212 g/mol. The molecule has 2 rings (SSSR count). The molecule has 1 aliphatic rings. The largest absolute Gasteiger partial charge is 0.355 e. The lowest BCUT2D eigenvalue weighted by atomic mass is 9.64. The number of rotatable bonds is 5. The first-order valence-electron chi connectivity index (χ1n) is 6.33. The summed E-state index contributed by atoms with van der Waals surface area (Å²) in [6.07, 6.45) is 3.91. The Kier molecular flexibility index (Phi) is 3.79. The van der Waals surface area contributed by atoms with Crippen LogP contribution in [0.1, 0.15) is 31.2 Å². The summed E-state index contributed by atoms with van der Waals surface area (Å²) in [6, 6.07) is 10.1. The fourth-order valence-corrected chi connectivity index (χ4v) is 2.41. The van der Waals surface area contributed by atoms with Crippen molar-refractivity contribution in [2.75, 3.05) is 13.1 Å². The zero-order valence-corrected chi connectivity index (χ0v) is 10.1. The Morgan fingerprint density at radius 2 is 2.00 bits per heavy atom. The first-order valence-corrected chi connectivity index (χ1v) is 6.33. The molecule has 1 aromatic rings. The van der Waals surface area contributed by atoms with Crippen LogP contribution in [0.15, 0.2) is 30.3 Å². The van der Waals surface area contributed by atoms with Gasteiger partial charge in [0.1, 0.15) is 0 Å². The minimum atomic E-state index is -0.268. The molecule has 1 saturated carbocycles. The highest BCUT2D eigenvalue weighted by molar-refractivity contribution is 5.89. The number of hydrogen-bond donors (Lipinski definition) is 2. The highest BCUT2D eigenvalue weighted by Gasteiger charge is 2.45. The molecule has 3 nitrogen and oxygen atoms in total. The van der Waals surface area contributed by atoms with Gasteiger partial charge in [-0.05, 0) is 31.4 Å². The predicted octanol–water partition coefficient (Wildman–Crippen LogP) is 1.57. The number of nitrogens with two attached hydrogens (primary N) is 1. The van der Waals surface area contributed by atoms with E-state index in [0.29, 0.717) is 13.1 Å². The van der Waals surface area contributed by atoms with Gasteiger partial charge < -0.3 is 11.1 Å². The van der Waals surface area contributed by atoms with Gasteiger partial charge in [0.25, 0.3) is 0 Å². The lowest BCUT2D eigenvalue weighted by molar-refractivity contribution is -0.129. The molecule has 0 aliphatic heterocycles. The van der Waals surface area contributed by atoms with Gasteiger partial charge in [0.15, 0.2) is 0 Å². The second-order valence-corrected chi connectivity index (χ2v) is 4.70. The molecule has 0 unspecified atom stereocenters. The van der Waals surface area contributed by atoms with Gasteiger partial charge in [-0.1, -0.05) is 36.8 Å². The Hall–Kier alpha value is -1.35. The van der Waals surface area contributed by atoms with Crippen LogP contribution in [0.4, 0.5) is 0 Å². The molecule has 0 heterocycles. The van der Waals surface area contributed by atoms with E-state index >= 15 is 0 Å². The smallest absolute Gasteiger partial charge is 0.230 e. The van der Waals surface area contributed by atoms with Crippen molar-refractivity contribution in [3.05, 3.63) is 35.9 Å². The second-order valence-electron chi connectivity index (χ2n) is 4.70. The first-order chi connectivity index (χ1) is 8.29. The zero-order valence-electron chi connectivity index (χ0n) is 10.1. The Morgan fingerprint density at radius 3 is 2.53 bits per heavy atom. The summed E-state index contributed by atoms with van der Waals surface area (Å²) in [4.78, 5) is 12.3. The summed E-state index contributed by atoms with van der Waals surface area (Å²) < 4.78 is 0. The maximum absolute atomic E-state index is 12.3.